The molecule has 2 saturated heterocycles. The van der Waals surface area contributed by atoms with Crippen molar-refractivity contribution in [2.45, 2.75) is 52.1 Å². The van der Waals surface area contributed by atoms with E-state index >= 15 is 0 Å². The van der Waals surface area contributed by atoms with Crippen LogP contribution in [-0.2, 0) is 14.3 Å². The number of aliphatic carboxylic acids is 1. The van der Waals surface area contributed by atoms with Crippen LogP contribution in [0.4, 0.5) is 0 Å². The van der Waals surface area contributed by atoms with Gasteiger partial charge in [-0.15, -0.1) is 0 Å². The second-order valence-corrected chi connectivity index (χ2v) is 6.22. The molecule has 0 aromatic heterocycles. The summed E-state index contributed by atoms with van der Waals surface area (Å²) in [6.45, 7) is 5.78. The molecule has 0 bridgehead atoms. The number of carboxylic acid groups (broad SMARTS) is 1. The molecular weight excluding hydrogens is 258 g/mol. The van der Waals surface area contributed by atoms with Crippen LogP contribution >= 0.6 is 0 Å². The first-order valence-electron chi connectivity index (χ1n) is 7.64. The van der Waals surface area contributed by atoms with Gasteiger partial charge in [-0.1, -0.05) is 20.3 Å². The van der Waals surface area contributed by atoms with Crippen molar-refractivity contribution in [1.29, 1.82) is 0 Å². The number of carbonyl (C=O) groups is 2. The average Bonchev–Trinajstić information content (AvgIpc) is 2.85. The van der Waals surface area contributed by atoms with Crippen LogP contribution in [-0.4, -0.2) is 47.7 Å². The summed E-state index contributed by atoms with van der Waals surface area (Å²) in [7, 11) is 0. The summed E-state index contributed by atoms with van der Waals surface area (Å²) in [6.07, 6.45) is 3.29. The van der Waals surface area contributed by atoms with Gasteiger partial charge < -0.3 is 14.7 Å². The van der Waals surface area contributed by atoms with Gasteiger partial charge >= 0.3 is 5.97 Å². The second kappa shape index (κ2) is 6.12. The Labute approximate surface area is 120 Å². The predicted octanol–water partition coefficient (Wildman–Crippen LogP) is 1.90. The smallest absolute Gasteiger partial charge is 0.309 e. The maximum Gasteiger partial charge on any atom is 0.309 e. The SMILES string of the molecule is CCCC1(C(=O)O)CCN(C(=O)C2OCCC2C)CC1. The molecule has 5 heteroatoms. The first-order chi connectivity index (χ1) is 9.50. The van der Waals surface area contributed by atoms with E-state index in [0.29, 0.717) is 39.0 Å². The number of piperidine rings is 1. The average molecular weight is 283 g/mol. The number of amides is 1. The number of hydrogen-bond acceptors (Lipinski definition) is 3. The standard InChI is InChI=1S/C15H25NO4/c1-3-5-15(14(18)19)6-8-16(9-7-15)13(17)12-11(2)4-10-20-12/h11-12H,3-10H2,1-2H3,(H,18,19). The summed E-state index contributed by atoms with van der Waals surface area (Å²) in [5.41, 5.74) is -0.631. The highest BCUT2D eigenvalue weighted by Gasteiger charge is 2.43. The molecule has 0 aliphatic carbocycles. The second-order valence-electron chi connectivity index (χ2n) is 6.22. The highest BCUT2D eigenvalue weighted by molar-refractivity contribution is 5.82. The molecule has 2 rings (SSSR count). The molecule has 0 radical (unpaired) electrons. The van der Waals surface area contributed by atoms with E-state index in [9.17, 15) is 14.7 Å². The fourth-order valence-electron chi connectivity index (χ4n) is 3.40. The van der Waals surface area contributed by atoms with Gasteiger partial charge in [0.05, 0.1) is 5.41 Å². The van der Waals surface area contributed by atoms with E-state index in [4.69, 9.17) is 4.74 Å². The lowest BCUT2D eigenvalue weighted by atomic mass is 9.75. The van der Waals surface area contributed by atoms with E-state index in [2.05, 4.69) is 0 Å². The highest BCUT2D eigenvalue weighted by atomic mass is 16.5. The third kappa shape index (κ3) is 2.82. The molecule has 2 atom stereocenters. The van der Waals surface area contributed by atoms with Crippen molar-refractivity contribution in [1.82, 2.24) is 4.90 Å². The number of hydrogen-bond donors (Lipinski definition) is 1. The van der Waals surface area contributed by atoms with Crippen LogP contribution in [0.1, 0.15) is 46.0 Å². The molecule has 2 unspecified atom stereocenters. The van der Waals surface area contributed by atoms with Gasteiger partial charge in [0.25, 0.3) is 5.91 Å². The number of likely N-dealkylation sites (tertiary alicyclic amines) is 1. The predicted molar refractivity (Wildman–Crippen MR) is 74.3 cm³/mol. The molecule has 2 heterocycles. The van der Waals surface area contributed by atoms with E-state index < -0.39 is 11.4 Å². The van der Waals surface area contributed by atoms with Crippen LogP contribution in [0.2, 0.25) is 0 Å². The fraction of sp³-hybridized carbons (Fsp3) is 0.867. The first-order valence-corrected chi connectivity index (χ1v) is 7.64. The van der Waals surface area contributed by atoms with Crippen LogP contribution in [0.3, 0.4) is 0 Å². The summed E-state index contributed by atoms with van der Waals surface area (Å²) < 4.78 is 5.52. The van der Waals surface area contributed by atoms with E-state index in [1.807, 2.05) is 13.8 Å². The van der Waals surface area contributed by atoms with Gasteiger partial charge in [-0.25, -0.2) is 0 Å². The van der Waals surface area contributed by atoms with E-state index in [0.717, 1.165) is 12.8 Å². The summed E-state index contributed by atoms with van der Waals surface area (Å²) in [5, 5.41) is 9.47. The molecule has 0 saturated carbocycles. The largest absolute Gasteiger partial charge is 0.481 e. The molecule has 2 fully saturated rings. The maximum absolute atomic E-state index is 12.4. The van der Waals surface area contributed by atoms with Crippen LogP contribution in [0.5, 0.6) is 0 Å². The monoisotopic (exact) mass is 283 g/mol. The third-order valence-electron chi connectivity index (χ3n) is 4.85. The molecule has 0 spiro atoms. The summed E-state index contributed by atoms with van der Waals surface area (Å²) in [4.78, 5) is 25.7. The Morgan fingerprint density at radius 3 is 2.45 bits per heavy atom. The van der Waals surface area contributed by atoms with Crippen molar-refractivity contribution in [3.63, 3.8) is 0 Å². The van der Waals surface area contributed by atoms with Crippen LogP contribution < -0.4 is 0 Å². The van der Waals surface area contributed by atoms with Crippen molar-refractivity contribution in [2.75, 3.05) is 19.7 Å². The van der Waals surface area contributed by atoms with Gasteiger partial charge in [0, 0.05) is 19.7 Å². The highest BCUT2D eigenvalue weighted by Crippen LogP contribution is 2.37. The Morgan fingerprint density at radius 2 is 2.00 bits per heavy atom. The van der Waals surface area contributed by atoms with Crippen molar-refractivity contribution in [3.8, 4) is 0 Å². The number of nitrogens with zero attached hydrogens (tertiary/aromatic N) is 1. The van der Waals surface area contributed by atoms with E-state index in [1.54, 1.807) is 4.90 Å². The Morgan fingerprint density at radius 1 is 1.35 bits per heavy atom. The van der Waals surface area contributed by atoms with Crippen molar-refractivity contribution in [2.24, 2.45) is 11.3 Å². The molecule has 2 aliphatic heterocycles. The summed E-state index contributed by atoms with van der Waals surface area (Å²) >= 11 is 0. The molecule has 1 N–H and O–H groups in total. The molecule has 5 nitrogen and oxygen atoms in total. The van der Waals surface area contributed by atoms with E-state index in [1.165, 1.54) is 0 Å². The van der Waals surface area contributed by atoms with Crippen molar-refractivity contribution < 1.29 is 19.4 Å². The Balaban J connectivity index is 1.96. The van der Waals surface area contributed by atoms with Crippen molar-refractivity contribution in [3.05, 3.63) is 0 Å². The molecular formula is C15H25NO4. The molecule has 20 heavy (non-hydrogen) atoms. The first kappa shape index (κ1) is 15.3. The quantitative estimate of drug-likeness (QED) is 0.855. The fourth-order valence-corrected chi connectivity index (χ4v) is 3.40. The number of ether oxygens (including phenoxy) is 1. The van der Waals surface area contributed by atoms with Gasteiger partial charge in [-0.3, -0.25) is 9.59 Å². The van der Waals surface area contributed by atoms with Gasteiger partial charge in [-0.2, -0.15) is 0 Å². The van der Waals surface area contributed by atoms with Gasteiger partial charge in [0.2, 0.25) is 0 Å². The zero-order valence-corrected chi connectivity index (χ0v) is 12.4. The molecule has 2 aliphatic rings. The third-order valence-corrected chi connectivity index (χ3v) is 4.85. The summed E-state index contributed by atoms with van der Waals surface area (Å²) in [5.74, 6) is -0.397. The normalized spacial score (nSPS) is 29.4. The van der Waals surface area contributed by atoms with Crippen LogP contribution in [0.25, 0.3) is 0 Å². The zero-order valence-electron chi connectivity index (χ0n) is 12.4. The lowest BCUT2D eigenvalue weighted by Gasteiger charge is -2.39. The molecule has 0 aromatic carbocycles. The van der Waals surface area contributed by atoms with Crippen LogP contribution in [0, 0.1) is 11.3 Å². The van der Waals surface area contributed by atoms with Gasteiger partial charge in [0.15, 0.2) is 0 Å². The maximum atomic E-state index is 12.4. The Kier molecular flexibility index (Phi) is 4.68. The minimum absolute atomic E-state index is 0.0467. The Hall–Kier alpha value is -1.10. The van der Waals surface area contributed by atoms with Gasteiger partial charge in [-0.05, 0) is 31.6 Å². The molecule has 0 aromatic rings. The lowest BCUT2D eigenvalue weighted by molar-refractivity contribution is -0.157. The molecule has 1 amide bonds. The van der Waals surface area contributed by atoms with E-state index in [-0.39, 0.29) is 17.9 Å². The topological polar surface area (TPSA) is 66.8 Å². The van der Waals surface area contributed by atoms with Gasteiger partial charge in [0.1, 0.15) is 6.10 Å². The van der Waals surface area contributed by atoms with Crippen molar-refractivity contribution >= 4 is 11.9 Å². The minimum Gasteiger partial charge on any atom is -0.481 e. The number of carbonyl (C=O) groups excluding carboxylic acids is 1. The minimum atomic E-state index is -0.711. The zero-order chi connectivity index (χ0) is 14.8. The lowest BCUT2D eigenvalue weighted by Crippen LogP contribution is -2.50. The number of rotatable bonds is 4. The van der Waals surface area contributed by atoms with Crippen LogP contribution in [0.15, 0.2) is 0 Å². The molecule has 114 valence electrons. The summed E-state index contributed by atoms with van der Waals surface area (Å²) in [6, 6.07) is 0. The Bertz CT molecular complexity index is 374. The number of carboxylic acids is 1.